The first-order chi connectivity index (χ1) is 11.8. The summed E-state index contributed by atoms with van der Waals surface area (Å²) in [7, 11) is 0. The monoisotopic (exact) mass is 324 g/mol. The molecular formula is C20H24N2O2. The fourth-order valence-electron chi connectivity index (χ4n) is 3.19. The largest absolute Gasteiger partial charge is 0.396 e. The first kappa shape index (κ1) is 16.5. The summed E-state index contributed by atoms with van der Waals surface area (Å²) >= 11 is 0. The van der Waals surface area contributed by atoms with Gasteiger partial charge in [0.2, 0.25) is 0 Å². The van der Waals surface area contributed by atoms with E-state index in [1.54, 1.807) is 0 Å². The first-order valence-electron chi connectivity index (χ1n) is 8.51. The molecule has 24 heavy (non-hydrogen) atoms. The summed E-state index contributed by atoms with van der Waals surface area (Å²) in [5.74, 6) is 0.208. The molecule has 1 saturated heterocycles. The number of hydrogen-bond donors (Lipinski definition) is 2. The van der Waals surface area contributed by atoms with Gasteiger partial charge < -0.3 is 15.3 Å². The molecule has 0 spiro atoms. The fraction of sp³-hybridized carbons (Fsp3) is 0.350. The second kappa shape index (κ2) is 7.97. The van der Waals surface area contributed by atoms with Crippen LogP contribution in [0, 0.1) is 5.92 Å². The second-order valence-electron chi connectivity index (χ2n) is 6.39. The SMILES string of the molecule is O=C(NC(Cc1ccccc1)c1ccccc1)N1CCC(CO)C1. The summed E-state index contributed by atoms with van der Waals surface area (Å²) in [5.41, 5.74) is 2.30. The van der Waals surface area contributed by atoms with Gasteiger partial charge in [-0.2, -0.15) is 0 Å². The van der Waals surface area contributed by atoms with E-state index in [0.717, 1.165) is 18.4 Å². The van der Waals surface area contributed by atoms with Crippen LogP contribution < -0.4 is 5.32 Å². The molecule has 2 amide bonds. The Labute approximate surface area is 143 Å². The molecule has 0 aliphatic carbocycles. The Morgan fingerprint density at radius 3 is 2.42 bits per heavy atom. The molecule has 0 radical (unpaired) electrons. The summed E-state index contributed by atoms with van der Waals surface area (Å²) < 4.78 is 0. The van der Waals surface area contributed by atoms with Gasteiger partial charge in [0.05, 0.1) is 6.04 Å². The lowest BCUT2D eigenvalue weighted by atomic mass is 9.99. The summed E-state index contributed by atoms with van der Waals surface area (Å²) in [4.78, 5) is 14.4. The van der Waals surface area contributed by atoms with Crippen molar-refractivity contribution in [3.8, 4) is 0 Å². The Morgan fingerprint density at radius 2 is 1.79 bits per heavy atom. The van der Waals surface area contributed by atoms with Crippen molar-refractivity contribution in [1.29, 1.82) is 0 Å². The molecule has 2 N–H and O–H groups in total. The lowest BCUT2D eigenvalue weighted by molar-refractivity contribution is 0.195. The van der Waals surface area contributed by atoms with Crippen LogP contribution in [0.1, 0.15) is 23.6 Å². The Hall–Kier alpha value is -2.33. The predicted molar refractivity (Wildman–Crippen MR) is 94.6 cm³/mol. The Morgan fingerprint density at radius 1 is 1.12 bits per heavy atom. The third-order valence-electron chi connectivity index (χ3n) is 4.61. The number of benzene rings is 2. The number of aliphatic hydroxyl groups is 1. The third kappa shape index (κ3) is 4.15. The van der Waals surface area contributed by atoms with Crippen molar-refractivity contribution in [3.63, 3.8) is 0 Å². The topological polar surface area (TPSA) is 52.6 Å². The van der Waals surface area contributed by atoms with E-state index in [0.29, 0.717) is 13.1 Å². The molecule has 1 aliphatic rings. The van der Waals surface area contributed by atoms with Gasteiger partial charge in [-0.15, -0.1) is 0 Å². The minimum Gasteiger partial charge on any atom is -0.396 e. The number of nitrogens with zero attached hydrogens (tertiary/aromatic N) is 1. The van der Waals surface area contributed by atoms with Gasteiger partial charge >= 0.3 is 6.03 Å². The highest BCUT2D eigenvalue weighted by Crippen LogP contribution is 2.21. The van der Waals surface area contributed by atoms with Crippen molar-refractivity contribution < 1.29 is 9.90 Å². The smallest absolute Gasteiger partial charge is 0.317 e. The molecule has 1 aliphatic heterocycles. The normalized spacial score (nSPS) is 18.4. The second-order valence-corrected chi connectivity index (χ2v) is 6.39. The number of carbonyl (C=O) groups is 1. The quantitative estimate of drug-likeness (QED) is 0.888. The van der Waals surface area contributed by atoms with Crippen molar-refractivity contribution in [3.05, 3.63) is 71.8 Å². The molecule has 2 aromatic carbocycles. The van der Waals surface area contributed by atoms with E-state index in [2.05, 4.69) is 17.4 Å². The molecule has 0 aromatic heterocycles. The highest BCUT2D eigenvalue weighted by atomic mass is 16.3. The van der Waals surface area contributed by atoms with E-state index in [1.165, 1.54) is 5.56 Å². The molecule has 126 valence electrons. The average Bonchev–Trinajstić information content (AvgIpc) is 3.12. The Kier molecular flexibility index (Phi) is 5.49. The van der Waals surface area contributed by atoms with Gasteiger partial charge in [-0.25, -0.2) is 4.79 Å². The van der Waals surface area contributed by atoms with Gasteiger partial charge in [0.25, 0.3) is 0 Å². The van der Waals surface area contributed by atoms with Crippen LogP contribution in [-0.4, -0.2) is 35.7 Å². The van der Waals surface area contributed by atoms with E-state index < -0.39 is 0 Å². The molecule has 4 nitrogen and oxygen atoms in total. The van der Waals surface area contributed by atoms with Crippen LogP contribution in [-0.2, 0) is 6.42 Å². The summed E-state index contributed by atoms with van der Waals surface area (Å²) in [6, 6.07) is 20.2. The van der Waals surface area contributed by atoms with E-state index in [4.69, 9.17) is 0 Å². The van der Waals surface area contributed by atoms with Gasteiger partial charge in [-0.3, -0.25) is 0 Å². The van der Waals surface area contributed by atoms with Crippen LogP contribution in [0.25, 0.3) is 0 Å². The van der Waals surface area contributed by atoms with Crippen molar-refractivity contribution in [1.82, 2.24) is 10.2 Å². The van der Waals surface area contributed by atoms with E-state index in [-0.39, 0.29) is 24.6 Å². The summed E-state index contributed by atoms with van der Waals surface area (Å²) in [6.45, 7) is 1.50. The zero-order valence-electron chi connectivity index (χ0n) is 13.8. The van der Waals surface area contributed by atoms with E-state index in [9.17, 15) is 9.90 Å². The minimum atomic E-state index is -0.0609. The molecule has 2 atom stereocenters. The molecule has 3 rings (SSSR count). The number of hydrogen-bond acceptors (Lipinski definition) is 2. The molecule has 0 bridgehead atoms. The predicted octanol–water partition coefficient (Wildman–Crippen LogP) is 2.99. The first-order valence-corrected chi connectivity index (χ1v) is 8.51. The van der Waals surface area contributed by atoms with E-state index in [1.807, 2.05) is 53.4 Å². The van der Waals surface area contributed by atoms with Gasteiger partial charge in [0.15, 0.2) is 0 Å². The molecule has 2 aromatic rings. The van der Waals surface area contributed by atoms with Gasteiger partial charge in [0.1, 0.15) is 0 Å². The maximum atomic E-state index is 12.6. The number of rotatable bonds is 5. The molecule has 1 fully saturated rings. The highest BCUT2D eigenvalue weighted by molar-refractivity contribution is 5.75. The molecule has 1 heterocycles. The number of likely N-dealkylation sites (tertiary alicyclic amines) is 1. The maximum Gasteiger partial charge on any atom is 0.317 e. The third-order valence-corrected chi connectivity index (χ3v) is 4.61. The standard InChI is InChI=1S/C20H24N2O2/c23-15-17-11-12-22(14-17)20(24)21-19(18-9-5-2-6-10-18)13-16-7-3-1-4-8-16/h1-10,17,19,23H,11-15H2,(H,21,24). The molecule has 0 saturated carbocycles. The summed E-state index contributed by atoms with van der Waals surface area (Å²) in [6.07, 6.45) is 1.63. The lowest BCUT2D eigenvalue weighted by Crippen LogP contribution is -2.41. The summed E-state index contributed by atoms with van der Waals surface area (Å²) in [5, 5.41) is 12.4. The number of nitrogens with one attached hydrogen (secondary N) is 1. The fourth-order valence-corrected chi connectivity index (χ4v) is 3.19. The van der Waals surface area contributed by atoms with Crippen molar-refractivity contribution >= 4 is 6.03 Å². The number of urea groups is 1. The number of carbonyl (C=O) groups excluding carboxylic acids is 1. The van der Waals surface area contributed by atoms with E-state index >= 15 is 0 Å². The zero-order chi connectivity index (χ0) is 16.8. The van der Waals surface area contributed by atoms with Crippen LogP contribution in [0.3, 0.4) is 0 Å². The lowest BCUT2D eigenvalue weighted by Gasteiger charge is -2.24. The molecule has 4 heteroatoms. The molecular weight excluding hydrogens is 300 g/mol. The van der Waals surface area contributed by atoms with Crippen molar-refractivity contribution in [2.75, 3.05) is 19.7 Å². The average molecular weight is 324 g/mol. The highest BCUT2D eigenvalue weighted by Gasteiger charge is 2.27. The Balaban J connectivity index is 1.71. The number of amides is 2. The van der Waals surface area contributed by atoms with Crippen LogP contribution in [0.2, 0.25) is 0 Å². The van der Waals surface area contributed by atoms with Crippen LogP contribution in [0.5, 0.6) is 0 Å². The minimum absolute atomic E-state index is 0.0456. The van der Waals surface area contributed by atoms with Crippen LogP contribution in [0.4, 0.5) is 4.79 Å². The molecule has 2 unspecified atom stereocenters. The van der Waals surface area contributed by atoms with Crippen molar-refractivity contribution in [2.24, 2.45) is 5.92 Å². The number of aliphatic hydroxyl groups excluding tert-OH is 1. The Bertz CT molecular complexity index is 645. The van der Waals surface area contributed by atoms with Crippen LogP contribution >= 0.6 is 0 Å². The van der Waals surface area contributed by atoms with Crippen molar-refractivity contribution in [2.45, 2.75) is 18.9 Å². The van der Waals surface area contributed by atoms with Crippen LogP contribution in [0.15, 0.2) is 60.7 Å². The maximum absolute atomic E-state index is 12.6. The van der Waals surface area contributed by atoms with Gasteiger partial charge in [0, 0.05) is 25.6 Å². The van der Waals surface area contributed by atoms with Gasteiger partial charge in [-0.1, -0.05) is 60.7 Å². The zero-order valence-corrected chi connectivity index (χ0v) is 13.8. The van der Waals surface area contributed by atoms with Gasteiger partial charge in [-0.05, 0) is 24.0 Å².